The van der Waals surface area contributed by atoms with Crippen molar-refractivity contribution in [3.05, 3.63) is 130 Å². The van der Waals surface area contributed by atoms with Crippen LogP contribution in [0, 0.1) is 13.8 Å². The van der Waals surface area contributed by atoms with Crippen molar-refractivity contribution in [1.82, 2.24) is 5.32 Å². The predicted octanol–water partition coefficient (Wildman–Crippen LogP) is 6.30. The van der Waals surface area contributed by atoms with Crippen LogP contribution >= 0.6 is 0 Å². The molecule has 0 aliphatic carbocycles. The first-order chi connectivity index (χ1) is 19.3. The number of amides is 1. The zero-order chi connectivity index (χ0) is 28.5. The lowest BCUT2D eigenvalue weighted by Crippen LogP contribution is -2.43. The van der Waals surface area contributed by atoms with Gasteiger partial charge in [0.2, 0.25) is 6.23 Å². The van der Waals surface area contributed by atoms with Gasteiger partial charge in [-0.15, -0.1) is 0 Å². The molecule has 0 aromatic heterocycles. The molecule has 7 nitrogen and oxygen atoms in total. The summed E-state index contributed by atoms with van der Waals surface area (Å²) in [5.41, 5.74) is 4.42. The van der Waals surface area contributed by atoms with E-state index < -0.39 is 12.3 Å². The number of aryl methyl sites for hydroxylation is 2. The van der Waals surface area contributed by atoms with Gasteiger partial charge in [0, 0.05) is 22.3 Å². The van der Waals surface area contributed by atoms with Crippen LogP contribution in [0.5, 0.6) is 11.5 Å². The first kappa shape index (κ1) is 28.1. The van der Waals surface area contributed by atoms with E-state index in [1.165, 1.54) is 0 Å². The molecule has 1 unspecified atom stereocenters. The van der Waals surface area contributed by atoms with Crippen LogP contribution in [-0.4, -0.2) is 37.1 Å². The second-order valence-electron chi connectivity index (χ2n) is 9.22. The molecule has 204 valence electrons. The molecular formula is C33H31NO6. The predicted molar refractivity (Wildman–Crippen MR) is 152 cm³/mol. The fourth-order valence-electron chi connectivity index (χ4n) is 3.88. The normalized spacial score (nSPS) is 11.3. The van der Waals surface area contributed by atoms with Crippen molar-refractivity contribution in [1.29, 1.82) is 0 Å². The van der Waals surface area contributed by atoms with E-state index in [1.807, 2.05) is 38.1 Å². The lowest BCUT2D eigenvalue weighted by atomic mass is 10.0. The smallest absolute Gasteiger partial charge is 0.410 e. The number of ether oxygens (including phenoxy) is 3. The van der Waals surface area contributed by atoms with Crippen LogP contribution < -0.4 is 14.8 Å². The van der Waals surface area contributed by atoms with Gasteiger partial charge in [0.15, 0.2) is 11.6 Å². The zero-order valence-electron chi connectivity index (χ0n) is 22.7. The van der Waals surface area contributed by atoms with Crippen molar-refractivity contribution in [3.8, 4) is 11.5 Å². The summed E-state index contributed by atoms with van der Waals surface area (Å²) in [5, 5.41) is 2.63. The van der Waals surface area contributed by atoms with Crippen LogP contribution in [0.3, 0.4) is 0 Å². The molecule has 1 N–H and O–H groups in total. The van der Waals surface area contributed by atoms with Gasteiger partial charge in [-0.2, -0.15) is 0 Å². The highest BCUT2D eigenvalue weighted by atomic mass is 16.6. The minimum Gasteiger partial charge on any atom is -0.488 e. The highest BCUT2D eigenvalue weighted by molar-refractivity contribution is 6.09. The van der Waals surface area contributed by atoms with Crippen LogP contribution in [0.4, 0.5) is 4.79 Å². The van der Waals surface area contributed by atoms with Gasteiger partial charge in [-0.05, 0) is 69.3 Å². The fourth-order valence-corrected chi connectivity index (χ4v) is 3.88. The SMILES string of the molecule is CCOC(=O)NC(COc1ccc(C(=O)c2ccc(C)cc2)cc1)Oc1ccc(C(=O)c2ccc(C)cc2)cc1. The molecule has 0 heterocycles. The van der Waals surface area contributed by atoms with E-state index in [1.54, 1.807) is 79.7 Å². The van der Waals surface area contributed by atoms with Crippen LogP contribution in [0.15, 0.2) is 97.1 Å². The van der Waals surface area contributed by atoms with Crippen LogP contribution in [0.2, 0.25) is 0 Å². The van der Waals surface area contributed by atoms with Gasteiger partial charge in [0.05, 0.1) is 6.61 Å². The summed E-state index contributed by atoms with van der Waals surface area (Å²) in [6.07, 6.45) is -1.53. The van der Waals surface area contributed by atoms with Crippen molar-refractivity contribution in [2.24, 2.45) is 0 Å². The van der Waals surface area contributed by atoms with Gasteiger partial charge < -0.3 is 14.2 Å². The van der Waals surface area contributed by atoms with E-state index >= 15 is 0 Å². The molecule has 0 saturated heterocycles. The Morgan fingerprint density at radius 2 is 1.02 bits per heavy atom. The highest BCUT2D eigenvalue weighted by Crippen LogP contribution is 2.19. The quantitative estimate of drug-likeness (QED) is 0.178. The second-order valence-corrected chi connectivity index (χ2v) is 9.22. The van der Waals surface area contributed by atoms with Crippen LogP contribution in [0.1, 0.15) is 49.9 Å². The van der Waals surface area contributed by atoms with Crippen LogP contribution in [0.25, 0.3) is 0 Å². The van der Waals surface area contributed by atoms with Gasteiger partial charge in [-0.25, -0.2) is 4.79 Å². The Hall–Kier alpha value is -4.91. The number of carbonyl (C=O) groups is 3. The molecule has 0 aliphatic heterocycles. The number of ketones is 2. The summed E-state index contributed by atoms with van der Waals surface area (Å²) in [6.45, 7) is 5.80. The Morgan fingerprint density at radius 3 is 1.45 bits per heavy atom. The van der Waals surface area contributed by atoms with Crippen LogP contribution in [-0.2, 0) is 4.74 Å². The van der Waals surface area contributed by atoms with Crippen molar-refractivity contribution in [2.45, 2.75) is 27.0 Å². The van der Waals surface area contributed by atoms with E-state index in [2.05, 4.69) is 5.32 Å². The second kappa shape index (κ2) is 13.2. The molecule has 0 spiro atoms. The number of alkyl carbamates (subject to hydrolysis) is 1. The maximum absolute atomic E-state index is 12.8. The molecule has 4 aromatic carbocycles. The standard InChI is InChI=1S/C33H31NO6/c1-4-38-33(37)34-30(40-29-19-15-27(16-20-29)32(36)25-11-7-23(3)8-12-25)21-39-28-17-13-26(14-18-28)31(35)24-9-5-22(2)6-10-24/h5-20,30H,4,21H2,1-3H3,(H,34,37). The number of hydrogen-bond acceptors (Lipinski definition) is 6. The molecule has 0 bridgehead atoms. The molecule has 0 saturated carbocycles. The maximum Gasteiger partial charge on any atom is 0.410 e. The minimum absolute atomic E-state index is 0.0336. The number of carbonyl (C=O) groups excluding carboxylic acids is 3. The lowest BCUT2D eigenvalue weighted by Gasteiger charge is -2.21. The van der Waals surface area contributed by atoms with E-state index in [9.17, 15) is 14.4 Å². The van der Waals surface area contributed by atoms with Gasteiger partial charge in [0.1, 0.15) is 18.1 Å². The van der Waals surface area contributed by atoms with Gasteiger partial charge in [0.25, 0.3) is 0 Å². The monoisotopic (exact) mass is 537 g/mol. The summed E-state index contributed by atoms with van der Waals surface area (Å²) >= 11 is 0. The summed E-state index contributed by atoms with van der Waals surface area (Å²) in [4.78, 5) is 37.6. The first-order valence-electron chi connectivity index (χ1n) is 13.0. The van der Waals surface area contributed by atoms with Gasteiger partial charge >= 0.3 is 6.09 Å². The number of rotatable bonds is 11. The molecule has 1 atom stereocenters. The van der Waals surface area contributed by atoms with E-state index in [-0.39, 0.29) is 24.8 Å². The Labute approximate surface area is 233 Å². The third-order valence-electron chi connectivity index (χ3n) is 6.09. The average Bonchev–Trinajstić information content (AvgIpc) is 2.97. The number of nitrogens with one attached hydrogen (secondary N) is 1. The summed E-state index contributed by atoms with van der Waals surface area (Å²) < 4.78 is 16.8. The third-order valence-corrected chi connectivity index (χ3v) is 6.09. The molecular weight excluding hydrogens is 506 g/mol. The average molecular weight is 538 g/mol. The summed E-state index contributed by atoms with van der Waals surface area (Å²) in [6, 6.07) is 28.2. The van der Waals surface area contributed by atoms with Gasteiger partial charge in [-0.3, -0.25) is 14.9 Å². The fraction of sp³-hybridized carbons (Fsp3) is 0.182. The van der Waals surface area contributed by atoms with Crippen molar-refractivity contribution in [3.63, 3.8) is 0 Å². The summed E-state index contributed by atoms with van der Waals surface area (Å²) in [7, 11) is 0. The molecule has 4 aromatic rings. The molecule has 7 heteroatoms. The minimum atomic E-state index is -0.883. The largest absolute Gasteiger partial charge is 0.488 e. The Morgan fingerprint density at radius 1 is 0.625 bits per heavy atom. The molecule has 4 rings (SSSR count). The highest BCUT2D eigenvalue weighted by Gasteiger charge is 2.17. The van der Waals surface area contributed by atoms with Gasteiger partial charge in [-0.1, -0.05) is 59.7 Å². The van der Waals surface area contributed by atoms with E-state index in [0.29, 0.717) is 33.8 Å². The third kappa shape index (κ3) is 7.57. The van der Waals surface area contributed by atoms with Crippen molar-refractivity contribution < 1.29 is 28.6 Å². The Kier molecular flexibility index (Phi) is 9.31. The van der Waals surface area contributed by atoms with E-state index in [0.717, 1.165) is 11.1 Å². The first-order valence-corrected chi connectivity index (χ1v) is 13.0. The molecule has 0 fully saturated rings. The molecule has 0 radical (unpaired) electrons. The topological polar surface area (TPSA) is 90.9 Å². The Balaban J connectivity index is 1.40. The number of hydrogen-bond donors (Lipinski definition) is 1. The van der Waals surface area contributed by atoms with Crippen molar-refractivity contribution in [2.75, 3.05) is 13.2 Å². The lowest BCUT2D eigenvalue weighted by molar-refractivity contribution is 0.0824. The maximum atomic E-state index is 12.8. The Bertz CT molecular complexity index is 1440. The molecule has 0 aliphatic rings. The van der Waals surface area contributed by atoms with Crippen molar-refractivity contribution >= 4 is 17.7 Å². The summed E-state index contributed by atoms with van der Waals surface area (Å²) in [5.74, 6) is 0.755. The van der Waals surface area contributed by atoms with E-state index in [4.69, 9.17) is 14.2 Å². The zero-order valence-corrected chi connectivity index (χ0v) is 22.7. The molecule has 1 amide bonds. The molecule has 40 heavy (non-hydrogen) atoms. The number of benzene rings is 4.